The molecule has 6 atom stereocenters. The molecule has 11 aromatic rings. The van der Waals surface area contributed by atoms with Gasteiger partial charge in [-0.2, -0.15) is 0 Å². The minimum Gasteiger partial charge on any atom is -0.456 e. The number of aliphatic imine (C=N–C) groups is 1. The summed E-state index contributed by atoms with van der Waals surface area (Å²) >= 11 is 0. The topological polar surface area (TPSA) is 43.6 Å². The second-order valence-electron chi connectivity index (χ2n) is 19.7. The summed E-state index contributed by atoms with van der Waals surface area (Å²) in [6, 6.07) is 68.4. The van der Waals surface area contributed by atoms with Crippen LogP contribution in [0.4, 0.5) is 0 Å². The highest BCUT2D eigenvalue weighted by atomic mass is 16.3. The third-order valence-electron chi connectivity index (χ3n) is 15.7. The number of furan rings is 2. The largest absolute Gasteiger partial charge is 0.456 e. The number of hydrogen-bond acceptors (Lipinski definition) is 3. The van der Waals surface area contributed by atoms with Gasteiger partial charge in [0.25, 0.3) is 0 Å². The van der Waals surface area contributed by atoms with E-state index in [1.165, 1.54) is 60.7 Å². The fraction of sp³-hybridized carbons (Fsp3) is 0.185. The highest BCUT2D eigenvalue weighted by Gasteiger charge is 2.41. The Balaban J connectivity index is 0.957. The van der Waals surface area contributed by atoms with Gasteiger partial charge in [0.2, 0.25) is 0 Å². The Bertz CT molecular complexity index is 3780. The molecule has 8 aromatic carbocycles. The number of fused-ring (bicyclic) bond motifs is 9. The zero-order valence-electron chi connectivity index (χ0n) is 39.3. The molecule has 5 unspecified atom stereocenters. The summed E-state index contributed by atoms with van der Waals surface area (Å²) < 4.78 is 16.2. The van der Waals surface area contributed by atoms with E-state index in [1.807, 2.05) is 0 Å². The normalized spacial score (nSPS) is 20.7. The Morgan fingerprint density at radius 3 is 2.10 bits per heavy atom. The van der Waals surface area contributed by atoms with Gasteiger partial charge in [-0.15, -0.1) is 0 Å². The molecule has 0 saturated heterocycles. The highest BCUT2D eigenvalue weighted by Crippen LogP contribution is 2.51. The van der Waals surface area contributed by atoms with Crippen molar-refractivity contribution < 1.29 is 8.83 Å². The monoisotopic (exact) mass is 894 g/mol. The predicted molar refractivity (Wildman–Crippen MR) is 288 cm³/mol. The molecular formula is C65H54N2O2. The first-order valence-corrected chi connectivity index (χ1v) is 25.0. The number of rotatable bonds is 7. The lowest BCUT2D eigenvalue weighted by Gasteiger charge is -2.41. The average molecular weight is 895 g/mol. The van der Waals surface area contributed by atoms with Crippen LogP contribution in [-0.2, 0) is 0 Å². The lowest BCUT2D eigenvalue weighted by Crippen LogP contribution is -2.35. The van der Waals surface area contributed by atoms with Crippen molar-refractivity contribution in [3.63, 3.8) is 0 Å². The van der Waals surface area contributed by atoms with Crippen LogP contribution in [0.1, 0.15) is 80.4 Å². The molecule has 0 N–H and O–H groups in total. The van der Waals surface area contributed by atoms with Crippen LogP contribution in [-0.4, -0.2) is 10.3 Å². The Labute approximate surface area is 403 Å². The van der Waals surface area contributed by atoms with Crippen molar-refractivity contribution in [3.8, 4) is 27.9 Å². The Morgan fingerprint density at radius 2 is 1.28 bits per heavy atom. The van der Waals surface area contributed by atoms with Gasteiger partial charge in [0.1, 0.15) is 22.5 Å². The number of benzene rings is 8. The fourth-order valence-electron chi connectivity index (χ4n) is 12.6. The van der Waals surface area contributed by atoms with Crippen molar-refractivity contribution in [2.24, 2.45) is 22.7 Å². The van der Waals surface area contributed by atoms with Gasteiger partial charge in [0, 0.05) is 61.3 Å². The molecule has 0 radical (unpaired) electrons. The van der Waals surface area contributed by atoms with Crippen LogP contribution in [0, 0.1) is 17.8 Å². The van der Waals surface area contributed by atoms with Gasteiger partial charge in [0.15, 0.2) is 0 Å². The maximum Gasteiger partial charge on any atom is 0.142 e. The van der Waals surface area contributed by atoms with E-state index in [1.54, 1.807) is 0 Å². The Kier molecular flexibility index (Phi) is 10.1. The molecule has 4 nitrogen and oxygen atoms in total. The van der Waals surface area contributed by atoms with Crippen molar-refractivity contribution in [2.45, 2.75) is 57.9 Å². The van der Waals surface area contributed by atoms with Crippen LogP contribution >= 0.6 is 0 Å². The molecule has 13 rings (SSSR count). The quantitative estimate of drug-likeness (QED) is 0.160. The molecule has 4 heterocycles. The van der Waals surface area contributed by atoms with E-state index < -0.39 is 0 Å². The van der Waals surface area contributed by atoms with E-state index in [0.29, 0.717) is 17.8 Å². The van der Waals surface area contributed by atoms with Crippen LogP contribution in [0.25, 0.3) is 88.7 Å². The number of allylic oxidation sites excluding steroid dienone is 1. The van der Waals surface area contributed by atoms with E-state index in [4.69, 9.17) is 13.8 Å². The summed E-state index contributed by atoms with van der Waals surface area (Å²) in [6.45, 7) is 7.29. The summed E-state index contributed by atoms with van der Waals surface area (Å²) in [5.74, 6) is 2.27. The average Bonchev–Trinajstić information content (AvgIpc) is 4.08. The fourth-order valence-corrected chi connectivity index (χ4v) is 12.6. The molecule has 3 aromatic heterocycles. The van der Waals surface area contributed by atoms with E-state index in [0.717, 1.165) is 69.4 Å². The minimum atomic E-state index is -0.0430. The zero-order chi connectivity index (χ0) is 46.2. The van der Waals surface area contributed by atoms with Gasteiger partial charge in [-0.3, -0.25) is 4.99 Å². The van der Waals surface area contributed by atoms with Gasteiger partial charge >= 0.3 is 0 Å². The number of nitrogens with zero attached hydrogens (tertiary/aromatic N) is 2. The summed E-state index contributed by atoms with van der Waals surface area (Å²) in [5, 5.41) is 5.93. The smallest absolute Gasteiger partial charge is 0.142 e. The Hall–Kier alpha value is -7.69. The van der Waals surface area contributed by atoms with E-state index in [9.17, 15) is 0 Å². The molecule has 0 amide bonds. The van der Waals surface area contributed by atoms with E-state index >= 15 is 0 Å². The summed E-state index contributed by atoms with van der Waals surface area (Å²) in [4.78, 5) is 6.14. The number of hydrogen-bond donors (Lipinski definition) is 0. The van der Waals surface area contributed by atoms with Gasteiger partial charge in [0.05, 0.1) is 17.1 Å². The third-order valence-corrected chi connectivity index (χ3v) is 15.7. The molecule has 0 saturated carbocycles. The van der Waals surface area contributed by atoms with Crippen LogP contribution in [0.15, 0.2) is 208 Å². The van der Waals surface area contributed by atoms with Crippen LogP contribution < -0.4 is 0 Å². The lowest BCUT2D eigenvalue weighted by molar-refractivity contribution is 0.277. The SMILES string of the molecule is CCC1C(C2CC=Cc3oc4c(-c5ccc6c(c5)c5ccccc5n6-c5ccccc5)cccc4c32)=N[C@H](c2ccc3c(c2)oc2ccc(-c4ccccc4)cc23)C(C)CC(C)C1c1ccccc1. The predicted octanol–water partition coefficient (Wildman–Crippen LogP) is 17.9. The molecule has 0 spiro atoms. The van der Waals surface area contributed by atoms with Crippen molar-refractivity contribution >= 4 is 66.5 Å². The van der Waals surface area contributed by atoms with E-state index in [2.05, 4.69) is 226 Å². The van der Waals surface area contributed by atoms with Crippen LogP contribution in [0.2, 0.25) is 0 Å². The first-order valence-electron chi connectivity index (χ1n) is 25.0. The minimum absolute atomic E-state index is 0.0430. The van der Waals surface area contributed by atoms with Crippen molar-refractivity contribution in [3.05, 3.63) is 217 Å². The molecule has 2 aliphatic rings. The molecule has 69 heavy (non-hydrogen) atoms. The maximum atomic E-state index is 7.12. The standard InChI is InChI=1S/C65H54N2O2/c1-4-48-61(43-20-10-6-11-21-43)40(2)36-41(3)63(46-30-33-51-55-37-44(42-18-8-5-9-19-42)32-35-58(55)68-60(51)39-46)66-64(48)52-26-17-29-59-62(52)53-27-16-25-49(65(53)69-59)45-31-34-57-54(38-45)50-24-14-15-28-56(50)67(57)47-22-12-7-13-23-47/h5-25,27-35,37-41,48,52,61,63H,4,26,36H2,1-3H3/t40?,41?,48?,52?,61?,63-/m0/s1. The summed E-state index contributed by atoms with van der Waals surface area (Å²) in [7, 11) is 0. The third kappa shape index (κ3) is 6.91. The van der Waals surface area contributed by atoms with Gasteiger partial charge in [-0.1, -0.05) is 166 Å². The van der Waals surface area contributed by atoms with Gasteiger partial charge in [-0.25, -0.2) is 0 Å². The Morgan fingerprint density at radius 1 is 0.551 bits per heavy atom. The second-order valence-corrected chi connectivity index (χ2v) is 19.7. The number of aromatic nitrogens is 1. The molecule has 1 aliphatic heterocycles. The maximum absolute atomic E-state index is 7.12. The molecule has 0 bridgehead atoms. The lowest BCUT2D eigenvalue weighted by atomic mass is 9.66. The first kappa shape index (κ1) is 41.5. The summed E-state index contributed by atoms with van der Waals surface area (Å²) in [5.41, 5.74) is 16.1. The number of para-hydroxylation sites is 3. The summed E-state index contributed by atoms with van der Waals surface area (Å²) in [6.07, 6.45) is 7.47. The van der Waals surface area contributed by atoms with Crippen molar-refractivity contribution in [1.29, 1.82) is 0 Å². The highest BCUT2D eigenvalue weighted by molar-refractivity contribution is 6.12. The molecule has 336 valence electrons. The van der Waals surface area contributed by atoms with Gasteiger partial charge < -0.3 is 13.4 Å². The second kappa shape index (κ2) is 16.8. The molecule has 0 fully saturated rings. The molecule has 1 aliphatic carbocycles. The molecule has 4 heteroatoms. The van der Waals surface area contributed by atoms with Gasteiger partial charge in [-0.05, 0) is 119 Å². The molecular weight excluding hydrogens is 841 g/mol. The van der Waals surface area contributed by atoms with Crippen molar-refractivity contribution in [2.75, 3.05) is 0 Å². The zero-order valence-corrected chi connectivity index (χ0v) is 39.3. The van der Waals surface area contributed by atoms with E-state index in [-0.39, 0.29) is 17.9 Å². The van der Waals surface area contributed by atoms with Crippen LogP contribution in [0.3, 0.4) is 0 Å². The van der Waals surface area contributed by atoms with Crippen molar-refractivity contribution in [1.82, 2.24) is 4.57 Å². The first-order chi connectivity index (χ1) is 34.0. The van der Waals surface area contributed by atoms with Crippen LogP contribution in [0.5, 0.6) is 0 Å².